The molecule has 1 atom stereocenters. The highest BCUT2D eigenvalue weighted by atomic mass is 19.4. The molecule has 1 saturated heterocycles. The van der Waals surface area contributed by atoms with Gasteiger partial charge < -0.3 is 15.0 Å². The molecule has 1 amide bonds. The number of anilines is 1. The number of hydrogen-bond donors (Lipinski definition) is 1. The summed E-state index contributed by atoms with van der Waals surface area (Å²) in [5, 5.41) is 2.88. The Bertz CT molecular complexity index is 857. The van der Waals surface area contributed by atoms with Crippen molar-refractivity contribution in [2.45, 2.75) is 19.1 Å². The molecule has 0 spiro atoms. The molecule has 0 unspecified atom stereocenters. The smallest absolute Gasteiger partial charge is 0.378 e. The summed E-state index contributed by atoms with van der Waals surface area (Å²) in [6.07, 6.45) is -1.55. The molecule has 7 heteroatoms. The van der Waals surface area contributed by atoms with Crippen LogP contribution in [0.3, 0.4) is 0 Å². The van der Waals surface area contributed by atoms with Crippen LogP contribution in [0.2, 0.25) is 0 Å². The zero-order valence-electron chi connectivity index (χ0n) is 16.1. The summed E-state index contributed by atoms with van der Waals surface area (Å²) in [7, 11) is 0. The molecule has 29 heavy (non-hydrogen) atoms. The number of hydrogen-bond acceptors (Lipinski definition) is 3. The maximum atomic E-state index is 12.6. The Morgan fingerprint density at radius 3 is 2.48 bits per heavy atom. The first-order valence-corrected chi connectivity index (χ1v) is 9.41. The van der Waals surface area contributed by atoms with Gasteiger partial charge in [-0.2, -0.15) is 13.2 Å². The van der Waals surface area contributed by atoms with Crippen LogP contribution >= 0.6 is 0 Å². The molecule has 1 fully saturated rings. The standard InChI is InChI=1S/C22H23F3N2O2/c1-16(18-3-2-4-20(15-18)27-11-13-29-14-12-27)26-21(28)10-7-17-5-8-19(9-6-17)22(23,24)25/h2-10,15-16H,11-14H2,1H3,(H,26,28)/t16-/m0/s1. The fourth-order valence-corrected chi connectivity index (χ4v) is 3.11. The number of amides is 1. The fraction of sp³-hybridized carbons (Fsp3) is 0.318. The lowest BCUT2D eigenvalue weighted by Gasteiger charge is -2.29. The van der Waals surface area contributed by atoms with Gasteiger partial charge in [0, 0.05) is 24.9 Å². The number of carbonyl (C=O) groups is 1. The van der Waals surface area contributed by atoms with Crippen molar-refractivity contribution >= 4 is 17.7 Å². The number of ether oxygens (including phenoxy) is 1. The summed E-state index contributed by atoms with van der Waals surface area (Å²) in [4.78, 5) is 14.5. The van der Waals surface area contributed by atoms with E-state index < -0.39 is 11.7 Å². The van der Waals surface area contributed by atoms with Gasteiger partial charge in [-0.15, -0.1) is 0 Å². The number of nitrogens with zero attached hydrogens (tertiary/aromatic N) is 1. The van der Waals surface area contributed by atoms with Gasteiger partial charge in [0.2, 0.25) is 5.91 Å². The third-order valence-electron chi connectivity index (χ3n) is 4.77. The van der Waals surface area contributed by atoms with E-state index in [0.717, 1.165) is 36.5 Å². The van der Waals surface area contributed by atoms with Gasteiger partial charge in [0.15, 0.2) is 0 Å². The number of nitrogens with one attached hydrogen (secondary N) is 1. The lowest BCUT2D eigenvalue weighted by Crippen LogP contribution is -2.36. The van der Waals surface area contributed by atoms with Crippen LogP contribution in [0.15, 0.2) is 54.6 Å². The molecule has 4 nitrogen and oxygen atoms in total. The number of halogens is 3. The number of morpholine rings is 1. The van der Waals surface area contributed by atoms with Crippen LogP contribution in [0.5, 0.6) is 0 Å². The normalized spacial score (nSPS) is 16.1. The van der Waals surface area contributed by atoms with E-state index in [0.29, 0.717) is 18.8 Å². The Labute approximate surface area is 168 Å². The third kappa shape index (κ3) is 5.84. The molecule has 0 saturated carbocycles. The van der Waals surface area contributed by atoms with Crippen molar-refractivity contribution in [1.29, 1.82) is 0 Å². The Balaban J connectivity index is 1.59. The maximum absolute atomic E-state index is 12.6. The van der Waals surface area contributed by atoms with E-state index in [1.807, 2.05) is 25.1 Å². The van der Waals surface area contributed by atoms with Crippen LogP contribution in [0.1, 0.15) is 29.7 Å². The van der Waals surface area contributed by atoms with E-state index in [4.69, 9.17) is 4.74 Å². The minimum atomic E-state index is -4.37. The van der Waals surface area contributed by atoms with Crippen molar-refractivity contribution in [3.05, 3.63) is 71.3 Å². The van der Waals surface area contributed by atoms with Crippen molar-refractivity contribution in [2.75, 3.05) is 31.2 Å². The molecule has 0 radical (unpaired) electrons. The van der Waals surface area contributed by atoms with Crippen LogP contribution in [-0.4, -0.2) is 32.2 Å². The maximum Gasteiger partial charge on any atom is 0.416 e. The first-order valence-electron chi connectivity index (χ1n) is 9.41. The summed E-state index contributed by atoms with van der Waals surface area (Å²) in [5.74, 6) is -0.311. The lowest BCUT2D eigenvalue weighted by molar-refractivity contribution is -0.137. The topological polar surface area (TPSA) is 41.6 Å². The van der Waals surface area contributed by atoms with E-state index in [-0.39, 0.29) is 11.9 Å². The summed E-state index contributed by atoms with van der Waals surface area (Å²) >= 11 is 0. The van der Waals surface area contributed by atoms with Crippen LogP contribution in [0, 0.1) is 0 Å². The van der Waals surface area contributed by atoms with Crippen LogP contribution in [0.4, 0.5) is 18.9 Å². The van der Waals surface area contributed by atoms with E-state index in [1.165, 1.54) is 24.3 Å². The Kier molecular flexibility index (Phi) is 6.59. The molecule has 2 aromatic rings. The minimum absolute atomic E-state index is 0.208. The van der Waals surface area contributed by atoms with Gasteiger partial charge in [0.25, 0.3) is 0 Å². The van der Waals surface area contributed by atoms with Gasteiger partial charge in [-0.25, -0.2) is 0 Å². The second kappa shape index (κ2) is 9.13. The van der Waals surface area contributed by atoms with Crippen LogP contribution in [0.25, 0.3) is 6.08 Å². The van der Waals surface area contributed by atoms with Gasteiger partial charge in [0.1, 0.15) is 0 Å². The molecular weight excluding hydrogens is 381 g/mol. The van der Waals surface area contributed by atoms with Gasteiger partial charge in [0.05, 0.1) is 24.8 Å². The largest absolute Gasteiger partial charge is 0.416 e. The Morgan fingerprint density at radius 1 is 1.14 bits per heavy atom. The molecule has 3 rings (SSSR count). The summed E-state index contributed by atoms with van der Waals surface area (Å²) < 4.78 is 43.2. The average molecular weight is 404 g/mol. The van der Waals surface area contributed by atoms with E-state index in [2.05, 4.69) is 16.3 Å². The first kappa shape index (κ1) is 20.9. The molecule has 1 N–H and O–H groups in total. The van der Waals surface area contributed by atoms with Gasteiger partial charge in [-0.05, 0) is 48.4 Å². The minimum Gasteiger partial charge on any atom is -0.378 e. The Morgan fingerprint density at radius 2 is 1.83 bits per heavy atom. The molecule has 1 aliphatic rings. The van der Waals surface area contributed by atoms with Crippen molar-refractivity contribution in [2.24, 2.45) is 0 Å². The highest BCUT2D eigenvalue weighted by Crippen LogP contribution is 2.29. The van der Waals surface area contributed by atoms with Crippen molar-refractivity contribution in [3.63, 3.8) is 0 Å². The van der Waals surface area contributed by atoms with E-state index in [9.17, 15) is 18.0 Å². The number of benzene rings is 2. The number of carbonyl (C=O) groups excluding carboxylic acids is 1. The molecule has 0 aromatic heterocycles. The molecule has 0 bridgehead atoms. The average Bonchev–Trinajstić information content (AvgIpc) is 2.72. The van der Waals surface area contributed by atoms with Gasteiger partial charge in [-0.1, -0.05) is 24.3 Å². The highest BCUT2D eigenvalue weighted by Gasteiger charge is 2.29. The molecular formula is C22H23F3N2O2. The Hall–Kier alpha value is -2.80. The zero-order valence-corrected chi connectivity index (χ0v) is 16.1. The predicted octanol–water partition coefficient (Wildman–Crippen LogP) is 4.43. The molecule has 2 aromatic carbocycles. The van der Waals surface area contributed by atoms with Crippen LogP contribution in [-0.2, 0) is 15.7 Å². The van der Waals surface area contributed by atoms with Crippen LogP contribution < -0.4 is 10.2 Å². The quantitative estimate of drug-likeness (QED) is 0.750. The molecule has 154 valence electrons. The van der Waals surface area contributed by atoms with Gasteiger partial charge >= 0.3 is 6.18 Å². The number of alkyl halides is 3. The second-order valence-electron chi connectivity index (χ2n) is 6.88. The van der Waals surface area contributed by atoms with E-state index in [1.54, 1.807) is 0 Å². The highest BCUT2D eigenvalue weighted by molar-refractivity contribution is 5.92. The summed E-state index contributed by atoms with van der Waals surface area (Å²) in [6.45, 7) is 4.96. The SMILES string of the molecule is C[C@H](NC(=O)C=Cc1ccc(C(F)(F)F)cc1)c1cccc(N2CCOCC2)c1. The van der Waals surface area contributed by atoms with Crippen molar-refractivity contribution in [1.82, 2.24) is 5.32 Å². The van der Waals surface area contributed by atoms with Crippen molar-refractivity contribution in [3.8, 4) is 0 Å². The summed E-state index contributed by atoms with van der Waals surface area (Å²) in [5.41, 5.74) is 1.88. The third-order valence-corrected chi connectivity index (χ3v) is 4.77. The summed E-state index contributed by atoms with van der Waals surface area (Å²) in [6, 6.07) is 12.5. The monoisotopic (exact) mass is 404 g/mol. The number of rotatable bonds is 5. The second-order valence-corrected chi connectivity index (χ2v) is 6.88. The molecule has 1 heterocycles. The van der Waals surface area contributed by atoms with E-state index >= 15 is 0 Å². The zero-order chi connectivity index (χ0) is 20.9. The molecule has 1 aliphatic heterocycles. The van der Waals surface area contributed by atoms with Gasteiger partial charge in [-0.3, -0.25) is 4.79 Å². The first-order chi connectivity index (χ1) is 13.8. The fourth-order valence-electron chi connectivity index (χ4n) is 3.11. The van der Waals surface area contributed by atoms with Crippen molar-refractivity contribution < 1.29 is 22.7 Å². The lowest BCUT2D eigenvalue weighted by atomic mass is 10.1. The molecule has 0 aliphatic carbocycles. The predicted molar refractivity (Wildman–Crippen MR) is 107 cm³/mol.